The molecule has 1 aromatic heterocycles. The van der Waals surface area contributed by atoms with Crippen LogP contribution in [0.3, 0.4) is 0 Å². The Hall–Kier alpha value is -3.48. The van der Waals surface area contributed by atoms with Crippen LogP contribution in [-0.4, -0.2) is 28.0 Å². The number of nitrogens with zero attached hydrogens (tertiary/aromatic N) is 1. The summed E-state index contributed by atoms with van der Waals surface area (Å²) < 4.78 is 10.8. The van der Waals surface area contributed by atoms with E-state index < -0.39 is 0 Å². The van der Waals surface area contributed by atoms with E-state index in [4.69, 9.17) is 9.47 Å². The number of benzene rings is 2. The molecule has 192 valence electrons. The van der Waals surface area contributed by atoms with Crippen molar-refractivity contribution in [3.8, 4) is 17.2 Å². The highest BCUT2D eigenvalue weighted by molar-refractivity contribution is 5.94. The summed E-state index contributed by atoms with van der Waals surface area (Å²) in [7, 11) is 0. The van der Waals surface area contributed by atoms with Crippen LogP contribution in [0.4, 0.5) is 0 Å². The number of fused-ring (bicyclic) bond motifs is 8. The fourth-order valence-electron chi connectivity index (χ4n) is 7.71. The van der Waals surface area contributed by atoms with Crippen molar-refractivity contribution < 1.29 is 19.4 Å². The summed E-state index contributed by atoms with van der Waals surface area (Å²) in [6, 6.07) is 10.0. The van der Waals surface area contributed by atoms with Gasteiger partial charge in [-0.25, -0.2) is 0 Å². The maximum absolute atomic E-state index is 13.3. The molecule has 0 spiro atoms. The molecule has 3 N–H and O–H groups in total. The highest BCUT2D eigenvalue weighted by Gasteiger charge is 2.55. The molecular weight excluding hydrogens is 466 g/mol. The number of aromatic amines is 1. The van der Waals surface area contributed by atoms with Gasteiger partial charge in [0.15, 0.2) is 17.2 Å². The number of aryl methyl sites for hydroxylation is 2. The van der Waals surface area contributed by atoms with Gasteiger partial charge in [-0.05, 0) is 96.7 Å². The van der Waals surface area contributed by atoms with Crippen molar-refractivity contribution in [2.24, 2.45) is 11.8 Å². The van der Waals surface area contributed by atoms with Gasteiger partial charge in [0.2, 0.25) is 6.79 Å². The van der Waals surface area contributed by atoms with Gasteiger partial charge in [0.05, 0.1) is 0 Å². The number of ether oxygens (including phenoxy) is 2. The Kier molecular flexibility index (Phi) is 5.07. The van der Waals surface area contributed by atoms with Gasteiger partial charge in [-0.1, -0.05) is 26.0 Å². The summed E-state index contributed by atoms with van der Waals surface area (Å²) in [6.07, 6.45) is 6.08. The summed E-state index contributed by atoms with van der Waals surface area (Å²) in [6.45, 7) is 5.12. The lowest BCUT2D eigenvalue weighted by Crippen LogP contribution is -2.43. The number of phenolic OH excluding ortho intramolecular Hbond substituents is 1. The number of rotatable bonds is 4. The quantitative estimate of drug-likeness (QED) is 0.474. The molecule has 4 unspecified atom stereocenters. The average Bonchev–Trinajstić information content (AvgIpc) is 3.61. The zero-order chi connectivity index (χ0) is 25.3. The first-order valence-electron chi connectivity index (χ1n) is 13.6. The van der Waals surface area contributed by atoms with Crippen LogP contribution in [0.15, 0.2) is 30.3 Å². The number of nitrogens with one attached hydrogen (secondary N) is 2. The number of carbonyl (C=O) groups is 1. The first-order chi connectivity index (χ1) is 18.0. The predicted octanol–water partition coefficient (Wildman–Crippen LogP) is 4.91. The molecule has 7 nitrogen and oxygen atoms in total. The number of phenols is 1. The number of hydrogen-bond donors (Lipinski definition) is 3. The third-order valence-electron chi connectivity index (χ3n) is 9.66. The zero-order valence-corrected chi connectivity index (χ0v) is 21.4. The van der Waals surface area contributed by atoms with Gasteiger partial charge in [-0.3, -0.25) is 9.89 Å². The fraction of sp³-hybridized carbons (Fsp3) is 0.467. The Morgan fingerprint density at radius 3 is 2.95 bits per heavy atom. The van der Waals surface area contributed by atoms with E-state index >= 15 is 0 Å². The Morgan fingerprint density at radius 2 is 2.08 bits per heavy atom. The molecule has 0 radical (unpaired) electrons. The Labute approximate surface area is 216 Å². The fourth-order valence-corrected chi connectivity index (χ4v) is 7.71. The van der Waals surface area contributed by atoms with Crippen LogP contribution in [0.5, 0.6) is 17.2 Å². The molecule has 0 saturated heterocycles. The van der Waals surface area contributed by atoms with Crippen molar-refractivity contribution >= 4 is 5.91 Å². The zero-order valence-electron chi connectivity index (χ0n) is 21.4. The molecule has 2 aromatic carbocycles. The van der Waals surface area contributed by atoms with Crippen LogP contribution < -0.4 is 14.8 Å². The lowest BCUT2D eigenvalue weighted by Gasteiger charge is -2.49. The second kappa shape index (κ2) is 8.27. The van der Waals surface area contributed by atoms with Crippen LogP contribution >= 0.6 is 0 Å². The van der Waals surface area contributed by atoms with E-state index in [1.165, 1.54) is 11.1 Å². The molecule has 1 fully saturated rings. The number of amides is 1. The monoisotopic (exact) mass is 499 g/mol. The third-order valence-corrected chi connectivity index (χ3v) is 9.66. The summed E-state index contributed by atoms with van der Waals surface area (Å²) in [5, 5.41) is 21.3. The highest BCUT2D eigenvalue weighted by atomic mass is 16.7. The number of aromatic nitrogens is 2. The van der Waals surface area contributed by atoms with E-state index in [0.29, 0.717) is 41.5 Å². The largest absolute Gasteiger partial charge is 0.508 e. The third kappa shape index (κ3) is 3.39. The van der Waals surface area contributed by atoms with Crippen molar-refractivity contribution in [1.29, 1.82) is 0 Å². The number of H-pyrrole nitrogens is 1. The number of aromatic hydroxyl groups is 1. The van der Waals surface area contributed by atoms with Gasteiger partial charge in [-0.2, -0.15) is 5.10 Å². The smallest absolute Gasteiger partial charge is 0.272 e. The lowest BCUT2D eigenvalue weighted by molar-refractivity contribution is 0.0937. The molecule has 4 atom stereocenters. The predicted molar refractivity (Wildman–Crippen MR) is 138 cm³/mol. The maximum Gasteiger partial charge on any atom is 0.272 e. The molecule has 3 aliphatic carbocycles. The molecule has 2 heterocycles. The molecule has 37 heavy (non-hydrogen) atoms. The second-order valence-corrected chi connectivity index (χ2v) is 11.4. The Bertz CT molecular complexity index is 1410. The van der Waals surface area contributed by atoms with E-state index in [-0.39, 0.29) is 18.1 Å². The van der Waals surface area contributed by atoms with Crippen LogP contribution in [0.25, 0.3) is 0 Å². The molecule has 0 bridgehead atoms. The van der Waals surface area contributed by atoms with Crippen LogP contribution in [0.2, 0.25) is 0 Å². The average molecular weight is 500 g/mol. The second-order valence-electron chi connectivity index (χ2n) is 11.4. The van der Waals surface area contributed by atoms with E-state index in [2.05, 4.69) is 35.4 Å². The van der Waals surface area contributed by atoms with Gasteiger partial charge in [-0.15, -0.1) is 0 Å². The van der Waals surface area contributed by atoms with E-state index in [1.54, 1.807) is 0 Å². The van der Waals surface area contributed by atoms with Crippen molar-refractivity contribution in [3.05, 3.63) is 69.5 Å². The molecule has 4 aliphatic rings. The normalized spacial score (nSPS) is 26.7. The molecule has 1 aliphatic heterocycles. The Balaban J connectivity index is 1.12. The van der Waals surface area contributed by atoms with Crippen molar-refractivity contribution in [3.63, 3.8) is 0 Å². The van der Waals surface area contributed by atoms with Gasteiger partial charge in [0, 0.05) is 23.2 Å². The van der Waals surface area contributed by atoms with E-state index in [1.807, 2.05) is 24.3 Å². The maximum atomic E-state index is 13.3. The molecular formula is C30H33N3O4. The van der Waals surface area contributed by atoms with E-state index in [9.17, 15) is 9.90 Å². The van der Waals surface area contributed by atoms with Crippen LogP contribution in [-0.2, 0) is 31.2 Å². The number of carbonyl (C=O) groups excluding carboxylic acids is 1. The van der Waals surface area contributed by atoms with Crippen molar-refractivity contribution in [1.82, 2.24) is 15.5 Å². The standard InChI is InChI=1S/C30H33N3O4/c1-3-17-11-21-18(12-24(17)34)5-6-20-19(21)8-9-30(2)23(20)13-22-27(32-33-28(22)30)29(35)31-14-16-4-7-25-26(10-16)37-15-36-25/h4,7,10-12,19-20,23,34H,3,5-6,8-9,13-15H2,1-2H3,(H,31,35)(H,32,33). The molecule has 1 amide bonds. The first-order valence-corrected chi connectivity index (χ1v) is 13.6. The summed E-state index contributed by atoms with van der Waals surface area (Å²) >= 11 is 0. The van der Waals surface area contributed by atoms with Gasteiger partial charge >= 0.3 is 0 Å². The van der Waals surface area contributed by atoms with Gasteiger partial charge in [0.25, 0.3) is 5.91 Å². The van der Waals surface area contributed by atoms with Crippen LogP contribution in [0, 0.1) is 11.8 Å². The lowest BCUT2D eigenvalue weighted by atomic mass is 9.55. The van der Waals surface area contributed by atoms with Crippen molar-refractivity contribution in [2.45, 2.75) is 70.3 Å². The Morgan fingerprint density at radius 1 is 1.22 bits per heavy atom. The molecule has 7 heteroatoms. The molecule has 1 saturated carbocycles. The molecule has 7 rings (SSSR count). The van der Waals surface area contributed by atoms with E-state index in [0.717, 1.165) is 66.7 Å². The minimum Gasteiger partial charge on any atom is -0.508 e. The van der Waals surface area contributed by atoms with Crippen molar-refractivity contribution in [2.75, 3.05) is 6.79 Å². The number of hydrogen-bond acceptors (Lipinski definition) is 5. The van der Waals surface area contributed by atoms with Crippen LogP contribution in [0.1, 0.15) is 83.0 Å². The summed E-state index contributed by atoms with van der Waals surface area (Å²) in [5.74, 6) is 3.35. The molecule has 3 aromatic rings. The minimum absolute atomic E-state index is 0.0152. The topological polar surface area (TPSA) is 96.5 Å². The highest BCUT2D eigenvalue weighted by Crippen LogP contribution is 2.60. The minimum atomic E-state index is -0.133. The summed E-state index contributed by atoms with van der Waals surface area (Å²) in [5.41, 5.74) is 7.60. The first kappa shape index (κ1) is 22.7. The van der Waals surface area contributed by atoms with Gasteiger partial charge in [0.1, 0.15) is 5.75 Å². The van der Waals surface area contributed by atoms with Gasteiger partial charge < -0.3 is 19.9 Å². The summed E-state index contributed by atoms with van der Waals surface area (Å²) in [4.78, 5) is 13.3. The SMILES string of the molecule is CCc1cc2c(cc1O)CCC1C2CCC2(C)c3[nH]nc(C(=O)NCc4ccc5c(c4)OCO5)c3CC12.